The highest BCUT2D eigenvalue weighted by atomic mass is 32.1. The van der Waals surface area contributed by atoms with E-state index in [0.29, 0.717) is 64.9 Å². The van der Waals surface area contributed by atoms with Crippen LogP contribution in [0.15, 0.2) is 24.5 Å². The van der Waals surface area contributed by atoms with Crippen molar-refractivity contribution < 1.29 is 14.3 Å². The van der Waals surface area contributed by atoms with Gasteiger partial charge < -0.3 is 20.1 Å². The fourth-order valence-electron chi connectivity index (χ4n) is 3.77. The van der Waals surface area contributed by atoms with Gasteiger partial charge >= 0.3 is 0 Å². The number of hydrogen-bond acceptors (Lipinski definition) is 8. The number of likely N-dealkylation sites (tertiary alicyclic amines) is 1. The second kappa shape index (κ2) is 9.36. The van der Waals surface area contributed by atoms with E-state index in [1.165, 1.54) is 6.33 Å². The molecule has 1 atom stereocenters. The lowest BCUT2D eigenvalue weighted by Gasteiger charge is -2.16. The van der Waals surface area contributed by atoms with Crippen LogP contribution in [0.5, 0.6) is 11.5 Å². The first-order valence-corrected chi connectivity index (χ1v) is 10.8. The summed E-state index contributed by atoms with van der Waals surface area (Å²) in [4.78, 5) is 22.6. The van der Waals surface area contributed by atoms with E-state index in [9.17, 15) is 4.79 Å². The van der Waals surface area contributed by atoms with Crippen molar-refractivity contribution in [3.8, 4) is 23.3 Å². The Morgan fingerprint density at radius 2 is 1.97 bits per heavy atom. The lowest BCUT2D eigenvalue weighted by Crippen LogP contribution is -2.29. The minimum atomic E-state index is -0.0110. The molecule has 9 nitrogen and oxygen atoms in total. The number of benzene rings is 1. The molecule has 1 fully saturated rings. The molecule has 1 aliphatic heterocycles. The summed E-state index contributed by atoms with van der Waals surface area (Å²) in [6.07, 6.45) is 2.61. The van der Waals surface area contributed by atoms with Crippen LogP contribution in [0.1, 0.15) is 30.1 Å². The van der Waals surface area contributed by atoms with Gasteiger partial charge in [0.15, 0.2) is 5.65 Å². The molecule has 2 N–H and O–H groups in total. The van der Waals surface area contributed by atoms with Crippen molar-refractivity contribution in [2.24, 2.45) is 0 Å². The van der Waals surface area contributed by atoms with E-state index in [2.05, 4.69) is 34.4 Å². The lowest BCUT2D eigenvalue weighted by atomic mass is 10.2. The van der Waals surface area contributed by atoms with Gasteiger partial charge in [0.25, 0.3) is 0 Å². The Balaban J connectivity index is 1.71. The number of nitrogens with zero attached hydrogens (tertiary/aromatic N) is 5. The molecule has 0 aliphatic carbocycles. The number of amides is 1. The van der Waals surface area contributed by atoms with Gasteiger partial charge in [-0.25, -0.2) is 14.6 Å². The Labute approximate surface area is 191 Å². The molecule has 0 radical (unpaired) electrons. The number of fused-ring (bicyclic) bond motifs is 1. The molecule has 10 heteroatoms. The highest BCUT2D eigenvalue weighted by Gasteiger charge is 2.30. The van der Waals surface area contributed by atoms with Crippen LogP contribution in [0.3, 0.4) is 0 Å². The van der Waals surface area contributed by atoms with Gasteiger partial charge in [0.2, 0.25) is 5.91 Å². The van der Waals surface area contributed by atoms with E-state index in [-0.39, 0.29) is 11.9 Å². The molecule has 0 unspecified atom stereocenters. The molecule has 1 aromatic carbocycles. The van der Waals surface area contributed by atoms with Crippen LogP contribution in [0, 0.1) is 11.8 Å². The van der Waals surface area contributed by atoms with Crippen molar-refractivity contribution in [3.63, 3.8) is 0 Å². The van der Waals surface area contributed by atoms with Gasteiger partial charge in [-0.15, -0.1) is 0 Å². The standard InChI is InChI=1S/C22H24N6O3S/c1-30-16-9-14(10-17(11-16)31-2)3-4-18-20-21(23)24-13-25-22(20)28(26-18)15-5-7-27(12-15)19(29)6-8-32/h9-11,13,15,32H,5-8,12H2,1-2H3,(H2,23,24,25)/t15-/m0/s1. The lowest BCUT2D eigenvalue weighted by molar-refractivity contribution is -0.129. The molecule has 3 heterocycles. The Hall–Kier alpha value is -3.45. The summed E-state index contributed by atoms with van der Waals surface area (Å²) < 4.78 is 12.4. The van der Waals surface area contributed by atoms with E-state index >= 15 is 0 Å². The third-order valence-electron chi connectivity index (χ3n) is 5.38. The Bertz CT molecular complexity index is 1190. The first kappa shape index (κ1) is 21.8. The molecule has 0 bridgehead atoms. The minimum absolute atomic E-state index is 0.0110. The number of nitrogen functional groups attached to an aromatic ring is 1. The fraction of sp³-hybridized carbons (Fsp3) is 0.364. The highest BCUT2D eigenvalue weighted by molar-refractivity contribution is 7.80. The smallest absolute Gasteiger partial charge is 0.223 e. The number of carbonyl (C=O) groups is 1. The summed E-state index contributed by atoms with van der Waals surface area (Å²) in [6.45, 7) is 1.23. The number of ether oxygens (including phenoxy) is 2. The zero-order valence-corrected chi connectivity index (χ0v) is 18.8. The molecule has 166 valence electrons. The molecule has 32 heavy (non-hydrogen) atoms. The largest absolute Gasteiger partial charge is 0.497 e. The third-order valence-corrected chi connectivity index (χ3v) is 5.61. The Kier molecular flexibility index (Phi) is 6.37. The zero-order valence-electron chi connectivity index (χ0n) is 17.9. The number of rotatable bonds is 5. The summed E-state index contributed by atoms with van der Waals surface area (Å²) in [6, 6.07) is 5.40. The molecular weight excluding hydrogens is 428 g/mol. The van der Waals surface area contributed by atoms with Gasteiger partial charge in [0.1, 0.15) is 29.3 Å². The monoisotopic (exact) mass is 452 g/mol. The first-order chi connectivity index (χ1) is 15.5. The molecule has 4 rings (SSSR count). The maximum Gasteiger partial charge on any atom is 0.223 e. The number of aromatic nitrogens is 4. The average Bonchev–Trinajstić information content (AvgIpc) is 3.43. The summed E-state index contributed by atoms with van der Waals surface area (Å²) >= 11 is 4.16. The third kappa shape index (κ3) is 4.29. The maximum absolute atomic E-state index is 12.3. The molecular formula is C22H24N6O3S. The number of methoxy groups -OCH3 is 2. The van der Waals surface area contributed by atoms with Gasteiger partial charge in [-0.2, -0.15) is 17.7 Å². The van der Waals surface area contributed by atoms with Crippen LogP contribution < -0.4 is 15.2 Å². The van der Waals surface area contributed by atoms with Crippen LogP contribution in [0.25, 0.3) is 11.0 Å². The van der Waals surface area contributed by atoms with Gasteiger partial charge in [-0.3, -0.25) is 4.79 Å². The van der Waals surface area contributed by atoms with Crippen molar-refractivity contribution in [1.29, 1.82) is 0 Å². The minimum Gasteiger partial charge on any atom is -0.497 e. The van der Waals surface area contributed by atoms with E-state index < -0.39 is 0 Å². The summed E-state index contributed by atoms with van der Waals surface area (Å²) in [5.74, 6) is 8.44. The molecule has 2 aromatic heterocycles. The number of hydrogen-bond donors (Lipinski definition) is 2. The van der Waals surface area contributed by atoms with Gasteiger partial charge in [0.05, 0.1) is 25.6 Å². The maximum atomic E-state index is 12.3. The van der Waals surface area contributed by atoms with Crippen LogP contribution in [-0.4, -0.2) is 63.6 Å². The summed E-state index contributed by atoms with van der Waals surface area (Å²) in [5, 5.41) is 5.32. The number of anilines is 1. The van der Waals surface area contributed by atoms with Crippen LogP contribution >= 0.6 is 12.6 Å². The second-order valence-electron chi connectivity index (χ2n) is 7.36. The molecule has 0 saturated carbocycles. The Morgan fingerprint density at radius 3 is 2.66 bits per heavy atom. The molecule has 0 spiro atoms. The van der Waals surface area contributed by atoms with E-state index in [0.717, 1.165) is 6.42 Å². The summed E-state index contributed by atoms with van der Waals surface area (Å²) in [5.41, 5.74) is 7.97. The van der Waals surface area contributed by atoms with Crippen LogP contribution in [0.2, 0.25) is 0 Å². The van der Waals surface area contributed by atoms with E-state index in [4.69, 9.17) is 20.3 Å². The number of thiol groups is 1. The number of carbonyl (C=O) groups excluding carboxylic acids is 1. The number of nitrogens with two attached hydrogens (primary N) is 1. The Morgan fingerprint density at radius 1 is 1.22 bits per heavy atom. The zero-order chi connectivity index (χ0) is 22.7. The van der Waals surface area contributed by atoms with E-state index in [1.54, 1.807) is 20.3 Å². The quantitative estimate of drug-likeness (QED) is 0.450. The molecule has 1 saturated heterocycles. The molecule has 1 aliphatic rings. The average molecular weight is 453 g/mol. The highest BCUT2D eigenvalue weighted by Crippen LogP contribution is 2.29. The van der Waals surface area contributed by atoms with Crippen molar-refractivity contribution >= 4 is 35.4 Å². The SMILES string of the molecule is COc1cc(C#Cc2nn([C@H]3CCN(C(=O)CCS)C3)c3ncnc(N)c23)cc(OC)c1. The van der Waals surface area contributed by atoms with Crippen molar-refractivity contribution in [2.75, 3.05) is 38.8 Å². The van der Waals surface area contributed by atoms with E-state index in [1.807, 2.05) is 21.7 Å². The second-order valence-corrected chi connectivity index (χ2v) is 7.81. The van der Waals surface area contributed by atoms with Crippen LogP contribution in [0.4, 0.5) is 5.82 Å². The van der Waals surface area contributed by atoms with Gasteiger partial charge in [-0.05, 0) is 30.2 Å². The molecule has 3 aromatic rings. The van der Waals surface area contributed by atoms with Gasteiger partial charge in [0, 0.05) is 31.1 Å². The predicted octanol–water partition coefficient (Wildman–Crippen LogP) is 1.92. The fourth-order valence-corrected chi connectivity index (χ4v) is 3.96. The summed E-state index contributed by atoms with van der Waals surface area (Å²) in [7, 11) is 3.18. The normalized spacial score (nSPS) is 15.5. The van der Waals surface area contributed by atoms with Crippen molar-refractivity contribution in [3.05, 3.63) is 35.8 Å². The van der Waals surface area contributed by atoms with Gasteiger partial charge in [-0.1, -0.05) is 5.92 Å². The van der Waals surface area contributed by atoms with Crippen LogP contribution in [-0.2, 0) is 4.79 Å². The van der Waals surface area contributed by atoms with Crippen molar-refractivity contribution in [2.45, 2.75) is 18.9 Å². The first-order valence-electron chi connectivity index (χ1n) is 10.2. The molecule has 1 amide bonds. The van der Waals surface area contributed by atoms with Crippen molar-refractivity contribution in [1.82, 2.24) is 24.6 Å². The topological polar surface area (TPSA) is 108 Å². The predicted molar refractivity (Wildman–Crippen MR) is 124 cm³/mol.